The number of nitrogens with one attached hydrogen (secondary N) is 2. The standard InChI is InChI=1S/C24H28FN3O3/c1-3-31-14-4-12-26-24(29)28-13-11-19-20-15-18(30-2)9-10-21(20)27-22(19)23(28)16-5-7-17(25)8-6-16/h5-10,15,23,27H,3-4,11-14H2,1-2H3,(H,26,29)/t23-/m0/s1. The van der Waals surface area contributed by atoms with E-state index in [0.717, 1.165) is 40.8 Å². The van der Waals surface area contributed by atoms with Gasteiger partial charge >= 0.3 is 6.03 Å². The third-order valence-electron chi connectivity index (χ3n) is 5.73. The molecule has 7 heteroatoms. The van der Waals surface area contributed by atoms with Gasteiger partial charge in [-0.3, -0.25) is 0 Å². The quantitative estimate of drug-likeness (QED) is 0.552. The summed E-state index contributed by atoms with van der Waals surface area (Å²) < 4.78 is 24.3. The van der Waals surface area contributed by atoms with Crippen LogP contribution in [0.1, 0.15) is 36.2 Å². The molecule has 3 aromatic rings. The summed E-state index contributed by atoms with van der Waals surface area (Å²) >= 11 is 0. The lowest BCUT2D eigenvalue weighted by Crippen LogP contribution is -2.46. The fourth-order valence-corrected chi connectivity index (χ4v) is 4.22. The Bertz CT molecular complexity index is 1050. The van der Waals surface area contributed by atoms with Crippen LogP contribution in [0.4, 0.5) is 9.18 Å². The summed E-state index contributed by atoms with van der Waals surface area (Å²) in [6.45, 7) is 4.35. The lowest BCUT2D eigenvalue weighted by molar-refractivity contribution is 0.143. The van der Waals surface area contributed by atoms with Crippen LogP contribution >= 0.6 is 0 Å². The van der Waals surface area contributed by atoms with Crippen LogP contribution in [0.15, 0.2) is 42.5 Å². The highest BCUT2D eigenvalue weighted by atomic mass is 19.1. The summed E-state index contributed by atoms with van der Waals surface area (Å²) in [5, 5.41) is 4.10. The predicted molar refractivity (Wildman–Crippen MR) is 118 cm³/mol. The number of amides is 2. The van der Waals surface area contributed by atoms with Crippen LogP contribution in [-0.4, -0.2) is 49.3 Å². The Hall–Kier alpha value is -3.06. The normalized spacial score (nSPS) is 15.7. The van der Waals surface area contributed by atoms with E-state index >= 15 is 0 Å². The molecule has 164 valence electrons. The first-order valence-corrected chi connectivity index (χ1v) is 10.7. The van der Waals surface area contributed by atoms with Gasteiger partial charge in [0, 0.05) is 42.9 Å². The number of methoxy groups -OCH3 is 1. The molecule has 1 aliphatic rings. The SMILES string of the molecule is CCOCCCNC(=O)N1CCc2c([nH]c3ccc(OC)cc23)[C@@H]1c1ccc(F)cc1. The number of benzene rings is 2. The van der Waals surface area contributed by atoms with Gasteiger partial charge in [0.05, 0.1) is 13.2 Å². The maximum atomic E-state index is 13.6. The van der Waals surface area contributed by atoms with Gasteiger partial charge in [0.25, 0.3) is 0 Å². The molecule has 2 heterocycles. The zero-order valence-corrected chi connectivity index (χ0v) is 17.9. The second-order valence-corrected chi connectivity index (χ2v) is 7.61. The number of halogens is 1. The summed E-state index contributed by atoms with van der Waals surface area (Å²) in [7, 11) is 1.65. The van der Waals surface area contributed by atoms with Gasteiger partial charge in [-0.15, -0.1) is 0 Å². The number of aromatic amines is 1. The van der Waals surface area contributed by atoms with E-state index in [0.29, 0.717) is 26.3 Å². The van der Waals surface area contributed by atoms with Crippen molar-refractivity contribution in [2.24, 2.45) is 0 Å². The Labute approximate surface area is 181 Å². The van der Waals surface area contributed by atoms with Crippen molar-refractivity contribution in [3.63, 3.8) is 0 Å². The molecule has 0 saturated heterocycles. The number of hydrogen-bond donors (Lipinski definition) is 2. The van der Waals surface area contributed by atoms with Crippen LogP contribution in [-0.2, 0) is 11.2 Å². The van der Waals surface area contributed by atoms with Crippen LogP contribution < -0.4 is 10.1 Å². The third-order valence-corrected chi connectivity index (χ3v) is 5.73. The molecule has 2 amide bonds. The first-order chi connectivity index (χ1) is 15.1. The number of H-pyrrole nitrogens is 1. The largest absolute Gasteiger partial charge is 0.497 e. The van der Waals surface area contributed by atoms with E-state index in [1.807, 2.05) is 30.0 Å². The molecule has 0 spiro atoms. The fourth-order valence-electron chi connectivity index (χ4n) is 4.22. The molecule has 0 saturated carbocycles. The Kier molecular flexibility index (Phi) is 6.42. The fraction of sp³-hybridized carbons (Fsp3) is 0.375. The van der Waals surface area contributed by atoms with Crippen molar-refractivity contribution in [1.82, 2.24) is 15.2 Å². The Morgan fingerprint density at radius 3 is 2.81 bits per heavy atom. The summed E-state index contributed by atoms with van der Waals surface area (Å²) in [5.41, 5.74) is 4.00. The monoisotopic (exact) mass is 425 g/mol. The van der Waals surface area contributed by atoms with E-state index in [2.05, 4.69) is 10.3 Å². The summed E-state index contributed by atoms with van der Waals surface area (Å²) in [6.07, 6.45) is 1.48. The molecule has 2 N–H and O–H groups in total. The lowest BCUT2D eigenvalue weighted by atomic mass is 9.92. The highest BCUT2D eigenvalue weighted by Gasteiger charge is 2.34. The van der Waals surface area contributed by atoms with Crippen molar-refractivity contribution in [3.8, 4) is 5.75 Å². The van der Waals surface area contributed by atoms with Gasteiger partial charge < -0.3 is 24.7 Å². The number of aromatic nitrogens is 1. The molecule has 0 unspecified atom stereocenters. The van der Waals surface area contributed by atoms with E-state index in [1.54, 1.807) is 19.2 Å². The van der Waals surface area contributed by atoms with E-state index in [1.165, 1.54) is 17.7 Å². The third kappa shape index (κ3) is 4.37. The number of urea groups is 1. The molecule has 1 aliphatic heterocycles. The van der Waals surface area contributed by atoms with Crippen LogP contribution in [0.5, 0.6) is 5.75 Å². The van der Waals surface area contributed by atoms with E-state index < -0.39 is 0 Å². The Morgan fingerprint density at radius 2 is 2.06 bits per heavy atom. The number of fused-ring (bicyclic) bond motifs is 3. The van der Waals surface area contributed by atoms with Crippen molar-refractivity contribution in [1.29, 1.82) is 0 Å². The van der Waals surface area contributed by atoms with Gasteiger partial charge in [-0.25, -0.2) is 9.18 Å². The minimum atomic E-state index is -0.324. The summed E-state index contributed by atoms with van der Waals surface area (Å²) in [6, 6.07) is 11.8. The topological polar surface area (TPSA) is 66.6 Å². The zero-order chi connectivity index (χ0) is 21.8. The summed E-state index contributed by atoms with van der Waals surface area (Å²) in [4.78, 5) is 18.4. The number of carbonyl (C=O) groups excluding carboxylic acids is 1. The van der Waals surface area contributed by atoms with Crippen molar-refractivity contribution in [2.75, 3.05) is 33.4 Å². The van der Waals surface area contributed by atoms with Gasteiger partial charge in [-0.2, -0.15) is 0 Å². The molecule has 2 aromatic carbocycles. The lowest BCUT2D eigenvalue weighted by Gasteiger charge is -2.36. The summed E-state index contributed by atoms with van der Waals surface area (Å²) in [5.74, 6) is 0.496. The number of rotatable bonds is 7. The van der Waals surface area contributed by atoms with Gasteiger partial charge in [-0.1, -0.05) is 12.1 Å². The molecule has 4 rings (SSSR count). The molecular formula is C24H28FN3O3. The maximum Gasteiger partial charge on any atom is 0.318 e. The molecule has 6 nitrogen and oxygen atoms in total. The minimum Gasteiger partial charge on any atom is -0.497 e. The van der Waals surface area contributed by atoms with Gasteiger partial charge in [0.1, 0.15) is 11.6 Å². The minimum absolute atomic E-state index is 0.132. The number of ether oxygens (including phenoxy) is 2. The van der Waals surface area contributed by atoms with Crippen molar-refractivity contribution < 1.29 is 18.7 Å². The Morgan fingerprint density at radius 1 is 1.26 bits per heavy atom. The average molecular weight is 426 g/mol. The molecule has 1 aromatic heterocycles. The molecular weight excluding hydrogens is 397 g/mol. The number of hydrogen-bond acceptors (Lipinski definition) is 3. The van der Waals surface area contributed by atoms with Crippen LogP contribution in [0.25, 0.3) is 10.9 Å². The molecule has 0 bridgehead atoms. The molecule has 1 atom stereocenters. The predicted octanol–water partition coefficient (Wildman–Crippen LogP) is 4.40. The molecule has 0 aliphatic carbocycles. The first kappa shape index (κ1) is 21.2. The van der Waals surface area contributed by atoms with E-state index in [4.69, 9.17) is 9.47 Å². The highest BCUT2D eigenvalue weighted by Crippen LogP contribution is 2.39. The molecule has 0 fully saturated rings. The van der Waals surface area contributed by atoms with Gasteiger partial charge in [0.2, 0.25) is 0 Å². The average Bonchev–Trinajstić information content (AvgIpc) is 3.16. The smallest absolute Gasteiger partial charge is 0.318 e. The van der Waals surface area contributed by atoms with Crippen LogP contribution in [0.2, 0.25) is 0 Å². The van der Waals surface area contributed by atoms with E-state index in [-0.39, 0.29) is 17.9 Å². The molecule has 31 heavy (non-hydrogen) atoms. The van der Waals surface area contributed by atoms with Crippen molar-refractivity contribution in [3.05, 3.63) is 65.1 Å². The highest BCUT2D eigenvalue weighted by molar-refractivity contribution is 5.87. The van der Waals surface area contributed by atoms with E-state index in [9.17, 15) is 9.18 Å². The molecule has 0 radical (unpaired) electrons. The van der Waals surface area contributed by atoms with Crippen molar-refractivity contribution in [2.45, 2.75) is 25.8 Å². The van der Waals surface area contributed by atoms with Crippen LogP contribution in [0.3, 0.4) is 0 Å². The maximum absolute atomic E-state index is 13.6. The van der Waals surface area contributed by atoms with Crippen LogP contribution in [0, 0.1) is 5.82 Å². The zero-order valence-electron chi connectivity index (χ0n) is 17.9. The second-order valence-electron chi connectivity index (χ2n) is 7.61. The number of carbonyl (C=O) groups is 1. The second kappa shape index (κ2) is 9.39. The van der Waals surface area contributed by atoms with Crippen molar-refractivity contribution >= 4 is 16.9 Å². The first-order valence-electron chi connectivity index (χ1n) is 10.7. The van der Waals surface area contributed by atoms with Gasteiger partial charge in [-0.05, 0) is 61.2 Å². The van der Waals surface area contributed by atoms with Gasteiger partial charge in [0.15, 0.2) is 0 Å². The number of nitrogens with zero attached hydrogens (tertiary/aromatic N) is 1. The Balaban J connectivity index is 1.67.